The molecule has 0 fully saturated rings. The highest BCUT2D eigenvalue weighted by Crippen LogP contribution is 2.38. The van der Waals surface area contributed by atoms with Gasteiger partial charge < -0.3 is 27.9 Å². The first-order valence-corrected chi connectivity index (χ1v) is 38.1. The van der Waals surface area contributed by atoms with Crippen LogP contribution in [0.4, 0.5) is 0 Å². The van der Waals surface area contributed by atoms with Gasteiger partial charge in [0, 0.05) is 12.8 Å². The second kappa shape index (κ2) is 68.0. The van der Waals surface area contributed by atoms with E-state index in [4.69, 9.17) is 18.5 Å². The number of allylic oxidation sites excluding steroid dienone is 18. The number of phosphoric ester groups is 1. The Bertz CT molecular complexity index is 1850. The fourth-order valence-electron chi connectivity index (χ4n) is 10.2. The Kier molecular flexibility index (Phi) is 65.5. The van der Waals surface area contributed by atoms with Gasteiger partial charge in [0.05, 0.1) is 27.7 Å². The topological polar surface area (TPSA) is 111 Å². The number of rotatable bonds is 67. The van der Waals surface area contributed by atoms with Crippen LogP contribution < -0.4 is 4.89 Å². The number of quaternary nitrogens is 1. The molecule has 0 saturated heterocycles. The van der Waals surface area contributed by atoms with Gasteiger partial charge in [0.25, 0.3) is 7.82 Å². The van der Waals surface area contributed by atoms with Crippen molar-refractivity contribution in [2.75, 3.05) is 47.5 Å². The summed E-state index contributed by atoms with van der Waals surface area (Å²) in [6.45, 7) is 4.14. The molecule has 0 amide bonds. The molecule has 0 aliphatic rings. The fourth-order valence-corrected chi connectivity index (χ4v) is 10.9. The van der Waals surface area contributed by atoms with Gasteiger partial charge in [0.1, 0.15) is 19.8 Å². The van der Waals surface area contributed by atoms with E-state index < -0.39 is 26.5 Å². The number of carbonyl (C=O) groups excluding carboxylic acids is 2. The third-order valence-corrected chi connectivity index (χ3v) is 16.7. The first-order chi connectivity index (χ1) is 43.0. The molecule has 88 heavy (non-hydrogen) atoms. The highest BCUT2D eigenvalue weighted by atomic mass is 31.2. The van der Waals surface area contributed by atoms with E-state index in [-0.39, 0.29) is 32.0 Å². The maximum Gasteiger partial charge on any atom is 0.306 e. The summed E-state index contributed by atoms with van der Waals surface area (Å²) >= 11 is 0. The number of unbranched alkanes of at least 4 members (excludes halogenated alkanes) is 35. The summed E-state index contributed by atoms with van der Waals surface area (Å²) in [5.41, 5.74) is 0. The maximum absolute atomic E-state index is 12.9. The molecule has 10 heteroatoms. The molecule has 2 unspecified atom stereocenters. The Morgan fingerprint density at radius 1 is 0.364 bits per heavy atom. The van der Waals surface area contributed by atoms with Crippen molar-refractivity contribution in [1.29, 1.82) is 0 Å². The van der Waals surface area contributed by atoms with E-state index in [2.05, 4.69) is 123 Å². The molecule has 0 aromatic rings. The lowest BCUT2D eigenvalue weighted by Crippen LogP contribution is -2.37. The SMILES string of the molecule is CC/C=C\C/C=C\C/C=C\C/C=C\C/C=C\C/C=C\C/C=C\CCCCCCCCCCCCCC(=O)OC(COC(=O)CCCCCCCCCCCCCCCCCCCCC/C=C\C/C=C\CCCCCCC)COP(=O)([O-])OCC[N+](C)(C)C. The molecule has 0 rings (SSSR count). The smallest absolute Gasteiger partial charge is 0.306 e. The van der Waals surface area contributed by atoms with E-state index in [1.54, 1.807) is 0 Å². The largest absolute Gasteiger partial charge is 0.756 e. The number of nitrogens with zero attached hydrogens (tertiary/aromatic N) is 1. The van der Waals surface area contributed by atoms with Crippen LogP contribution in [0.15, 0.2) is 109 Å². The second-order valence-corrected chi connectivity index (χ2v) is 27.0. The molecule has 0 aliphatic carbocycles. The molecule has 0 aliphatic heterocycles. The molecule has 0 aromatic carbocycles. The average Bonchev–Trinajstić information content (AvgIpc) is 3.56. The minimum Gasteiger partial charge on any atom is -0.756 e. The lowest BCUT2D eigenvalue weighted by atomic mass is 10.0. The van der Waals surface area contributed by atoms with Crippen LogP contribution in [0.25, 0.3) is 0 Å². The van der Waals surface area contributed by atoms with Crippen LogP contribution in [0.5, 0.6) is 0 Å². The van der Waals surface area contributed by atoms with Crippen molar-refractivity contribution < 1.29 is 42.1 Å². The number of esters is 2. The van der Waals surface area contributed by atoms with Gasteiger partial charge in [-0.05, 0) is 103 Å². The molecule has 9 nitrogen and oxygen atoms in total. The minimum atomic E-state index is -4.65. The summed E-state index contributed by atoms with van der Waals surface area (Å²) in [5.74, 6) is -0.829. The van der Waals surface area contributed by atoms with Crippen molar-refractivity contribution >= 4 is 19.8 Å². The van der Waals surface area contributed by atoms with Crippen molar-refractivity contribution in [3.05, 3.63) is 109 Å². The number of carbonyl (C=O) groups is 2. The van der Waals surface area contributed by atoms with Crippen LogP contribution in [0, 0.1) is 0 Å². The van der Waals surface area contributed by atoms with Crippen molar-refractivity contribution in [3.8, 4) is 0 Å². The van der Waals surface area contributed by atoms with Gasteiger partial charge in [-0.25, -0.2) is 0 Å². The molecular weight excluding hydrogens is 1110 g/mol. The molecule has 508 valence electrons. The van der Waals surface area contributed by atoms with Gasteiger partial charge in [-0.2, -0.15) is 0 Å². The van der Waals surface area contributed by atoms with Gasteiger partial charge in [-0.1, -0.05) is 316 Å². The Morgan fingerprint density at radius 3 is 0.966 bits per heavy atom. The molecule has 2 atom stereocenters. The normalized spacial score (nSPS) is 13.8. The van der Waals surface area contributed by atoms with Crippen LogP contribution in [0.1, 0.15) is 322 Å². The quantitative estimate of drug-likeness (QED) is 0.0195. The van der Waals surface area contributed by atoms with E-state index >= 15 is 0 Å². The van der Waals surface area contributed by atoms with Crippen LogP contribution in [0.3, 0.4) is 0 Å². The standard InChI is InChI=1S/C78H138NO8P/c1-6-8-10-12-14-16-18-20-22-24-26-28-30-32-34-36-38-39-41-43-45-47-49-51-53-55-57-59-61-63-65-67-69-71-78(81)87-76(75-86-88(82,83)85-73-72-79(3,4)5)74-84-77(80)70-68-66-64-62-60-58-56-54-52-50-48-46-44-42-40-37-35-33-31-29-27-25-23-21-19-17-15-13-11-9-7-2/h8,10,14,16,19-22,25-28,32,34,38-39,43,45,76H,6-7,9,11-13,15,17-18,23-24,29-31,33,35-37,40-42,44,46-75H2,1-5H3/b10-8-,16-14-,21-19-,22-20-,27-25-,28-26-,34-32-,39-38-,45-43-. The highest BCUT2D eigenvalue weighted by molar-refractivity contribution is 7.45. The molecule has 0 aromatic heterocycles. The summed E-state index contributed by atoms with van der Waals surface area (Å²) in [6, 6.07) is 0. The predicted molar refractivity (Wildman–Crippen MR) is 378 cm³/mol. The van der Waals surface area contributed by atoms with E-state index in [0.29, 0.717) is 17.4 Å². The third kappa shape index (κ3) is 71.7. The van der Waals surface area contributed by atoms with Gasteiger partial charge >= 0.3 is 11.9 Å². The molecule has 0 saturated carbocycles. The minimum absolute atomic E-state index is 0.0344. The monoisotopic (exact) mass is 1250 g/mol. The number of ether oxygens (including phenoxy) is 2. The van der Waals surface area contributed by atoms with Crippen molar-refractivity contribution in [3.63, 3.8) is 0 Å². The predicted octanol–water partition coefficient (Wildman–Crippen LogP) is 23.4. The van der Waals surface area contributed by atoms with Crippen molar-refractivity contribution in [2.45, 2.75) is 328 Å². The fraction of sp³-hybridized carbons (Fsp3) is 0.744. The third-order valence-electron chi connectivity index (χ3n) is 15.8. The Balaban J connectivity index is 4.04. The summed E-state index contributed by atoms with van der Waals surface area (Å²) < 4.78 is 34.4. The van der Waals surface area contributed by atoms with E-state index in [0.717, 1.165) is 96.3 Å². The highest BCUT2D eigenvalue weighted by Gasteiger charge is 2.22. The van der Waals surface area contributed by atoms with Crippen molar-refractivity contribution in [1.82, 2.24) is 0 Å². The molecule has 0 N–H and O–H groups in total. The number of hydrogen-bond acceptors (Lipinski definition) is 8. The lowest BCUT2D eigenvalue weighted by molar-refractivity contribution is -0.870. The van der Waals surface area contributed by atoms with Crippen LogP contribution in [0.2, 0.25) is 0 Å². The summed E-state index contributed by atoms with van der Waals surface area (Å²) in [7, 11) is 1.16. The Morgan fingerprint density at radius 2 is 0.648 bits per heavy atom. The Hall–Kier alpha value is -3.33. The zero-order chi connectivity index (χ0) is 64.1. The van der Waals surface area contributed by atoms with Crippen LogP contribution in [-0.2, 0) is 32.7 Å². The molecule has 0 bridgehead atoms. The molecular formula is C78H138NO8P. The zero-order valence-corrected chi connectivity index (χ0v) is 58.8. The maximum atomic E-state index is 12.9. The second-order valence-electron chi connectivity index (χ2n) is 25.6. The van der Waals surface area contributed by atoms with Gasteiger partial charge in [0.2, 0.25) is 0 Å². The number of phosphoric acid groups is 1. The Labute approximate surface area is 544 Å². The zero-order valence-electron chi connectivity index (χ0n) is 57.9. The van der Waals surface area contributed by atoms with E-state index in [1.165, 1.54) is 193 Å². The summed E-state index contributed by atoms with van der Waals surface area (Å²) in [6.07, 6.45) is 96.0. The van der Waals surface area contributed by atoms with Crippen molar-refractivity contribution in [2.24, 2.45) is 0 Å². The lowest BCUT2D eigenvalue weighted by Gasteiger charge is -2.28. The van der Waals surface area contributed by atoms with E-state index in [1.807, 2.05) is 21.1 Å². The van der Waals surface area contributed by atoms with Gasteiger partial charge in [-0.3, -0.25) is 14.2 Å². The van der Waals surface area contributed by atoms with E-state index in [9.17, 15) is 19.0 Å². The number of likely N-dealkylation sites (N-methyl/N-ethyl adjacent to an activating group) is 1. The first kappa shape index (κ1) is 84.7. The first-order valence-electron chi connectivity index (χ1n) is 36.6. The summed E-state index contributed by atoms with van der Waals surface area (Å²) in [5, 5.41) is 0. The number of hydrogen-bond donors (Lipinski definition) is 0. The van der Waals surface area contributed by atoms with Crippen LogP contribution in [-0.4, -0.2) is 70.0 Å². The molecule has 0 spiro atoms. The molecule has 0 radical (unpaired) electrons. The van der Waals surface area contributed by atoms with Gasteiger partial charge in [-0.15, -0.1) is 0 Å². The van der Waals surface area contributed by atoms with Gasteiger partial charge in [0.15, 0.2) is 6.10 Å². The molecule has 0 heterocycles. The average molecular weight is 1250 g/mol. The van der Waals surface area contributed by atoms with Crippen LogP contribution >= 0.6 is 7.82 Å². The summed E-state index contributed by atoms with van der Waals surface area (Å²) in [4.78, 5) is 38.1.